The van der Waals surface area contributed by atoms with Crippen molar-refractivity contribution in [2.45, 2.75) is 83.8 Å². The summed E-state index contributed by atoms with van der Waals surface area (Å²) in [6.07, 6.45) is 5.31. The molecule has 6 heteroatoms. The minimum atomic E-state index is -0.634. The number of unbranched alkanes of at least 4 members (excludes halogenated alkanes) is 3. The van der Waals surface area contributed by atoms with Crippen molar-refractivity contribution >= 4 is 18.0 Å². The summed E-state index contributed by atoms with van der Waals surface area (Å²) in [6.45, 7) is 5.59. The minimum Gasteiger partial charge on any atom is -0.460 e. The first-order valence-corrected chi connectivity index (χ1v) is 13.0. The van der Waals surface area contributed by atoms with Crippen LogP contribution in [0.15, 0.2) is 60.7 Å². The van der Waals surface area contributed by atoms with Gasteiger partial charge in [-0.15, -0.1) is 0 Å². The number of carbonyl (C=O) groups excluding carboxylic acids is 3. The lowest BCUT2D eigenvalue weighted by molar-refractivity contribution is -0.158. The van der Waals surface area contributed by atoms with Crippen LogP contribution in [0.25, 0.3) is 0 Å². The van der Waals surface area contributed by atoms with E-state index in [2.05, 4.69) is 24.3 Å². The molecule has 2 aromatic rings. The molecule has 1 aliphatic rings. The summed E-state index contributed by atoms with van der Waals surface area (Å²) in [6, 6.07) is 19.8. The number of hydrogen-bond donors (Lipinski definition) is 0. The molecule has 36 heavy (non-hydrogen) atoms. The highest BCUT2D eigenvalue weighted by atomic mass is 16.6. The monoisotopic (exact) mass is 493 g/mol. The Morgan fingerprint density at radius 1 is 0.944 bits per heavy atom. The zero-order chi connectivity index (χ0) is 26.0. The Morgan fingerprint density at radius 3 is 2.19 bits per heavy atom. The van der Waals surface area contributed by atoms with Crippen molar-refractivity contribution in [2.75, 3.05) is 6.61 Å². The van der Waals surface area contributed by atoms with E-state index >= 15 is 0 Å². The number of rotatable bonds is 12. The number of hydrogen-bond acceptors (Lipinski definition) is 5. The van der Waals surface area contributed by atoms with Crippen molar-refractivity contribution < 1.29 is 23.9 Å². The van der Waals surface area contributed by atoms with E-state index in [1.54, 1.807) is 0 Å². The number of cyclic esters (lactones) is 1. The van der Waals surface area contributed by atoms with Gasteiger partial charge in [0.2, 0.25) is 5.91 Å². The molecule has 0 aromatic heterocycles. The zero-order valence-electron chi connectivity index (χ0n) is 21.8. The number of ether oxygens (including phenoxy) is 2. The highest BCUT2D eigenvalue weighted by Gasteiger charge is 2.41. The average Bonchev–Trinajstić information content (AvgIpc) is 3.19. The summed E-state index contributed by atoms with van der Waals surface area (Å²) in [5, 5.41) is 0. The van der Waals surface area contributed by atoms with Gasteiger partial charge in [0.1, 0.15) is 12.2 Å². The fourth-order valence-corrected chi connectivity index (χ4v) is 4.58. The van der Waals surface area contributed by atoms with Crippen LogP contribution in [0.1, 0.15) is 70.4 Å². The van der Waals surface area contributed by atoms with Crippen molar-refractivity contribution in [2.24, 2.45) is 5.92 Å². The molecule has 3 rings (SSSR count). The van der Waals surface area contributed by atoms with Gasteiger partial charge in [-0.2, -0.15) is 0 Å². The quantitative estimate of drug-likeness (QED) is 0.263. The van der Waals surface area contributed by atoms with E-state index in [0.29, 0.717) is 12.8 Å². The molecule has 0 aliphatic carbocycles. The van der Waals surface area contributed by atoms with Crippen molar-refractivity contribution in [1.29, 1.82) is 0 Å². The number of benzene rings is 2. The summed E-state index contributed by atoms with van der Waals surface area (Å²) in [7, 11) is 0. The van der Waals surface area contributed by atoms with E-state index in [1.807, 2.05) is 57.2 Å². The third-order valence-corrected chi connectivity index (χ3v) is 6.31. The fourth-order valence-electron chi connectivity index (χ4n) is 4.58. The molecule has 6 nitrogen and oxygen atoms in total. The molecule has 0 radical (unpaired) electrons. The molecule has 2 aromatic carbocycles. The van der Waals surface area contributed by atoms with Crippen LogP contribution in [0.4, 0.5) is 4.79 Å². The molecule has 2 amide bonds. The molecule has 0 bridgehead atoms. The molecule has 0 N–H and O–H groups in total. The highest BCUT2D eigenvalue weighted by molar-refractivity contribution is 5.96. The third kappa shape index (κ3) is 8.81. The molecule has 1 aliphatic heterocycles. The van der Waals surface area contributed by atoms with Crippen molar-refractivity contribution in [3.63, 3.8) is 0 Å². The third-order valence-electron chi connectivity index (χ3n) is 6.31. The summed E-state index contributed by atoms with van der Waals surface area (Å²) < 4.78 is 10.8. The van der Waals surface area contributed by atoms with Crippen LogP contribution >= 0.6 is 0 Å². The Bertz CT molecular complexity index is 983. The summed E-state index contributed by atoms with van der Waals surface area (Å²) in [5.41, 5.74) is 1.72. The smallest absolute Gasteiger partial charge is 0.416 e. The lowest BCUT2D eigenvalue weighted by Crippen LogP contribution is -2.44. The van der Waals surface area contributed by atoms with Crippen molar-refractivity contribution in [3.8, 4) is 0 Å². The summed E-state index contributed by atoms with van der Waals surface area (Å²) in [4.78, 5) is 40.0. The lowest BCUT2D eigenvalue weighted by Gasteiger charge is -2.26. The van der Waals surface area contributed by atoms with Gasteiger partial charge in [-0.05, 0) is 57.6 Å². The van der Waals surface area contributed by atoms with E-state index in [1.165, 1.54) is 10.5 Å². The Kier molecular flexibility index (Phi) is 10.1. The van der Waals surface area contributed by atoms with Crippen molar-refractivity contribution in [3.05, 3.63) is 71.8 Å². The highest BCUT2D eigenvalue weighted by Crippen LogP contribution is 2.25. The van der Waals surface area contributed by atoms with Gasteiger partial charge in [0.15, 0.2) is 0 Å². The topological polar surface area (TPSA) is 72.9 Å². The lowest BCUT2D eigenvalue weighted by atomic mass is 9.94. The van der Waals surface area contributed by atoms with Crippen LogP contribution in [-0.4, -0.2) is 41.1 Å². The first-order chi connectivity index (χ1) is 17.2. The number of imide groups is 1. The van der Waals surface area contributed by atoms with E-state index in [4.69, 9.17) is 9.47 Å². The number of amides is 2. The molecular formula is C30H39NO5. The predicted octanol–water partition coefficient (Wildman–Crippen LogP) is 6.12. The van der Waals surface area contributed by atoms with E-state index in [-0.39, 0.29) is 25.0 Å². The Labute approximate surface area is 215 Å². The Morgan fingerprint density at radius 2 is 1.56 bits per heavy atom. The van der Waals surface area contributed by atoms with Crippen LogP contribution in [0.5, 0.6) is 0 Å². The molecule has 194 valence electrons. The first-order valence-electron chi connectivity index (χ1n) is 13.0. The SMILES string of the molecule is CC(C)(C)OC(=O)C[C@H](CCCCCCc1ccccc1)C(=O)N1C(=O)OC[C@H]1Cc1ccccc1. The molecule has 0 saturated carbocycles. The minimum absolute atomic E-state index is 0.0397. The van der Waals surface area contributed by atoms with Gasteiger partial charge in [-0.1, -0.05) is 79.9 Å². The summed E-state index contributed by atoms with van der Waals surface area (Å²) >= 11 is 0. The van der Waals surface area contributed by atoms with Crippen LogP contribution < -0.4 is 0 Å². The maximum absolute atomic E-state index is 13.6. The van der Waals surface area contributed by atoms with Gasteiger partial charge >= 0.3 is 12.1 Å². The molecular weight excluding hydrogens is 454 g/mol. The van der Waals surface area contributed by atoms with Crippen LogP contribution in [0.3, 0.4) is 0 Å². The Hall–Kier alpha value is -3.15. The van der Waals surface area contributed by atoms with E-state index < -0.39 is 23.6 Å². The van der Waals surface area contributed by atoms with Gasteiger partial charge < -0.3 is 9.47 Å². The second-order valence-electron chi connectivity index (χ2n) is 10.6. The zero-order valence-corrected chi connectivity index (χ0v) is 21.8. The van der Waals surface area contributed by atoms with Gasteiger partial charge in [-0.25, -0.2) is 9.69 Å². The largest absolute Gasteiger partial charge is 0.460 e. The number of carbonyl (C=O) groups is 3. The van der Waals surface area contributed by atoms with E-state index in [0.717, 1.165) is 37.7 Å². The van der Waals surface area contributed by atoms with Gasteiger partial charge in [0.05, 0.1) is 12.5 Å². The molecule has 1 fully saturated rings. The number of aryl methyl sites for hydroxylation is 1. The predicted molar refractivity (Wildman–Crippen MR) is 139 cm³/mol. The molecule has 1 saturated heterocycles. The molecule has 0 spiro atoms. The summed E-state index contributed by atoms with van der Waals surface area (Å²) in [5.74, 6) is -1.37. The fraction of sp³-hybridized carbons (Fsp3) is 0.500. The van der Waals surface area contributed by atoms with Crippen LogP contribution in [-0.2, 0) is 31.9 Å². The van der Waals surface area contributed by atoms with Gasteiger partial charge in [0, 0.05) is 5.92 Å². The number of nitrogens with zero attached hydrogens (tertiary/aromatic N) is 1. The van der Waals surface area contributed by atoms with Crippen LogP contribution in [0.2, 0.25) is 0 Å². The second kappa shape index (κ2) is 13.2. The first kappa shape index (κ1) is 27.4. The second-order valence-corrected chi connectivity index (χ2v) is 10.6. The maximum atomic E-state index is 13.6. The van der Waals surface area contributed by atoms with Crippen LogP contribution in [0, 0.1) is 5.92 Å². The van der Waals surface area contributed by atoms with Gasteiger partial charge in [0.25, 0.3) is 0 Å². The molecule has 0 unspecified atom stereocenters. The standard InChI is InChI=1S/C30H39NO5/c1-30(2,3)36-27(32)21-25(19-13-5-4-8-14-23-15-9-6-10-16-23)28(33)31-26(22-35-29(31)34)20-24-17-11-7-12-18-24/h6-7,9-12,15-18,25-26H,4-5,8,13-14,19-22H2,1-3H3/t25-,26+/m0/s1. The normalized spacial score (nSPS) is 16.5. The Balaban J connectivity index is 1.60. The number of esters is 1. The van der Waals surface area contributed by atoms with E-state index in [9.17, 15) is 14.4 Å². The van der Waals surface area contributed by atoms with Crippen molar-refractivity contribution in [1.82, 2.24) is 4.90 Å². The molecule has 2 atom stereocenters. The average molecular weight is 494 g/mol. The molecule has 1 heterocycles. The van der Waals surface area contributed by atoms with Gasteiger partial charge in [-0.3, -0.25) is 9.59 Å². The maximum Gasteiger partial charge on any atom is 0.416 e.